The maximum atomic E-state index is 11.4. The molecule has 1 aliphatic carbocycles. The summed E-state index contributed by atoms with van der Waals surface area (Å²) in [6.45, 7) is 3.37. The molecule has 0 spiro atoms. The van der Waals surface area contributed by atoms with Gasteiger partial charge in [0.15, 0.2) is 6.10 Å². The summed E-state index contributed by atoms with van der Waals surface area (Å²) in [5.74, 6) is 0.0249. The number of nitrogens with zero attached hydrogens (tertiary/aromatic N) is 3. The fourth-order valence-electron chi connectivity index (χ4n) is 4.81. The van der Waals surface area contributed by atoms with Gasteiger partial charge in [0, 0.05) is 19.7 Å². The standard InChI is InChI=1S/C20H32N4O3/c1-3-14-9-11-24(18(12-14)23-16-8-10-21-22-13-16)17-6-4-15(5-7-17)19(27-2)20(25)26/h8,10,13-15,17-19H,3-7,9,11-12H2,1-2H3,(H,21,23)(H,25,26). The summed E-state index contributed by atoms with van der Waals surface area (Å²) in [5.41, 5.74) is 1.01. The van der Waals surface area contributed by atoms with Gasteiger partial charge in [-0.15, -0.1) is 0 Å². The maximum Gasteiger partial charge on any atom is 0.333 e. The number of methoxy groups -OCH3 is 1. The summed E-state index contributed by atoms with van der Waals surface area (Å²) in [6, 6.07) is 2.46. The van der Waals surface area contributed by atoms with Crippen LogP contribution in [0.3, 0.4) is 0 Å². The van der Waals surface area contributed by atoms with Crippen LogP contribution in [0.2, 0.25) is 0 Å². The van der Waals surface area contributed by atoms with Crippen LogP contribution in [0.25, 0.3) is 0 Å². The second-order valence-corrected chi connectivity index (χ2v) is 7.89. The van der Waals surface area contributed by atoms with Gasteiger partial charge in [-0.2, -0.15) is 10.2 Å². The fraction of sp³-hybridized carbons (Fsp3) is 0.750. The number of likely N-dealkylation sites (tertiary alicyclic amines) is 1. The van der Waals surface area contributed by atoms with Gasteiger partial charge in [0.1, 0.15) is 0 Å². The minimum Gasteiger partial charge on any atom is -0.479 e. The van der Waals surface area contributed by atoms with Crippen LogP contribution in [0.5, 0.6) is 0 Å². The molecule has 0 bridgehead atoms. The van der Waals surface area contributed by atoms with Crippen molar-refractivity contribution in [2.75, 3.05) is 19.0 Å². The molecule has 1 aliphatic heterocycles. The highest BCUT2D eigenvalue weighted by Crippen LogP contribution is 2.35. The molecule has 3 atom stereocenters. The first-order valence-electron chi connectivity index (χ1n) is 10.2. The highest BCUT2D eigenvalue weighted by Gasteiger charge is 2.37. The SMILES string of the molecule is CCC1CCN(C2CCC(C(OC)C(=O)O)CC2)C(Nc2ccnnc2)C1. The Kier molecular flexibility index (Phi) is 7.01. The Morgan fingerprint density at radius 1 is 1.33 bits per heavy atom. The Morgan fingerprint density at radius 2 is 2.11 bits per heavy atom. The number of carboxylic acids is 1. The number of hydrogen-bond acceptors (Lipinski definition) is 6. The van der Waals surface area contributed by atoms with Gasteiger partial charge in [-0.25, -0.2) is 4.79 Å². The molecule has 1 aromatic rings. The Labute approximate surface area is 161 Å². The van der Waals surface area contributed by atoms with Gasteiger partial charge in [-0.05, 0) is 56.4 Å². The minimum absolute atomic E-state index is 0.118. The molecule has 3 unspecified atom stereocenters. The number of piperidine rings is 1. The van der Waals surface area contributed by atoms with Gasteiger partial charge in [0.05, 0.1) is 24.2 Å². The minimum atomic E-state index is -0.838. The zero-order valence-corrected chi connectivity index (χ0v) is 16.4. The van der Waals surface area contributed by atoms with Crippen molar-refractivity contribution in [2.24, 2.45) is 11.8 Å². The van der Waals surface area contributed by atoms with Gasteiger partial charge < -0.3 is 15.2 Å². The molecule has 7 nitrogen and oxygen atoms in total. The molecule has 1 saturated carbocycles. The molecular formula is C20H32N4O3. The quantitative estimate of drug-likeness (QED) is 0.756. The van der Waals surface area contributed by atoms with Crippen LogP contribution in [0, 0.1) is 11.8 Å². The topological polar surface area (TPSA) is 87.6 Å². The largest absolute Gasteiger partial charge is 0.479 e. The van der Waals surface area contributed by atoms with Crippen molar-refractivity contribution in [1.82, 2.24) is 15.1 Å². The molecule has 27 heavy (non-hydrogen) atoms. The number of ether oxygens (including phenoxy) is 1. The summed E-state index contributed by atoms with van der Waals surface area (Å²) in [6.07, 6.45) is 10.6. The van der Waals surface area contributed by atoms with E-state index >= 15 is 0 Å². The molecule has 2 fully saturated rings. The van der Waals surface area contributed by atoms with E-state index in [-0.39, 0.29) is 5.92 Å². The van der Waals surface area contributed by atoms with Crippen molar-refractivity contribution < 1.29 is 14.6 Å². The number of aromatic nitrogens is 2. The van der Waals surface area contributed by atoms with E-state index in [1.165, 1.54) is 20.0 Å². The van der Waals surface area contributed by atoms with Crippen LogP contribution < -0.4 is 5.32 Å². The Morgan fingerprint density at radius 3 is 2.70 bits per heavy atom. The van der Waals surface area contributed by atoms with E-state index < -0.39 is 12.1 Å². The van der Waals surface area contributed by atoms with Crippen molar-refractivity contribution in [2.45, 2.75) is 70.2 Å². The second kappa shape index (κ2) is 9.46. The molecule has 0 amide bonds. The van der Waals surface area contributed by atoms with Gasteiger partial charge in [0.25, 0.3) is 0 Å². The average molecular weight is 377 g/mol. The molecule has 1 aromatic heterocycles. The monoisotopic (exact) mass is 376 g/mol. The summed E-state index contributed by atoms with van der Waals surface area (Å²) in [4.78, 5) is 14.0. The number of aliphatic carboxylic acids is 1. The van der Waals surface area contributed by atoms with E-state index in [2.05, 4.69) is 27.3 Å². The lowest BCUT2D eigenvalue weighted by molar-refractivity contribution is -0.153. The molecule has 0 radical (unpaired) electrons. The zero-order chi connectivity index (χ0) is 19.2. The van der Waals surface area contributed by atoms with E-state index in [9.17, 15) is 9.90 Å². The fourth-order valence-corrected chi connectivity index (χ4v) is 4.81. The molecule has 150 valence electrons. The highest BCUT2D eigenvalue weighted by molar-refractivity contribution is 5.72. The molecule has 2 aliphatic rings. The molecular weight excluding hydrogens is 344 g/mol. The van der Waals surface area contributed by atoms with E-state index in [4.69, 9.17) is 4.74 Å². The van der Waals surface area contributed by atoms with Crippen LogP contribution in [-0.4, -0.2) is 58.1 Å². The van der Waals surface area contributed by atoms with Crippen LogP contribution in [0.4, 0.5) is 5.69 Å². The lowest BCUT2D eigenvalue weighted by Crippen LogP contribution is -2.53. The van der Waals surface area contributed by atoms with Crippen molar-refractivity contribution in [3.05, 3.63) is 18.5 Å². The molecule has 2 N–H and O–H groups in total. The predicted molar refractivity (Wildman–Crippen MR) is 103 cm³/mol. The number of rotatable bonds is 7. The summed E-state index contributed by atoms with van der Waals surface area (Å²) in [5, 5.41) is 20.9. The lowest BCUT2D eigenvalue weighted by atomic mass is 9.80. The second-order valence-electron chi connectivity index (χ2n) is 7.89. The van der Waals surface area contributed by atoms with E-state index in [0.717, 1.165) is 50.3 Å². The third-order valence-electron chi connectivity index (χ3n) is 6.38. The Hall–Kier alpha value is -1.73. The van der Waals surface area contributed by atoms with Gasteiger partial charge in [0.2, 0.25) is 0 Å². The smallest absolute Gasteiger partial charge is 0.333 e. The third-order valence-corrected chi connectivity index (χ3v) is 6.38. The first-order chi connectivity index (χ1) is 13.1. The Balaban J connectivity index is 1.64. The summed E-state index contributed by atoms with van der Waals surface area (Å²) < 4.78 is 5.22. The number of nitrogens with one attached hydrogen (secondary N) is 1. The molecule has 7 heteroatoms. The number of carboxylic acid groups (broad SMARTS) is 1. The molecule has 0 aromatic carbocycles. The van der Waals surface area contributed by atoms with Crippen LogP contribution >= 0.6 is 0 Å². The maximum absolute atomic E-state index is 11.4. The predicted octanol–water partition coefficient (Wildman–Crippen LogP) is 3.00. The van der Waals surface area contributed by atoms with E-state index in [1.807, 2.05) is 6.07 Å². The molecule has 1 saturated heterocycles. The summed E-state index contributed by atoms with van der Waals surface area (Å²) >= 11 is 0. The highest BCUT2D eigenvalue weighted by atomic mass is 16.5. The van der Waals surface area contributed by atoms with Crippen LogP contribution in [0.15, 0.2) is 18.5 Å². The first kappa shape index (κ1) is 20.0. The van der Waals surface area contributed by atoms with Gasteiger partial charge in [-0.3, -0.25) is 4.90 Å². The number of anilines is 1. The first-order valence-corrected chi connectivity index (χ1v) is 10.2. The number of hydrogen-bond donors (Lipinski definition) is 2. The van der Waals surface area contributed by atoms with Crippen molar-refractivity contribution in [3.63, 3.8) is 0 Å². The van der Waals surface area contributed by atoms with E-state index in [1.54, 1.807) is 12.4 Å². The third kappa shape index (κ3) is 4.96. The van der Waals surface area contributed by atoms with E-state index in [0.29, 0.717) is 12.2 Å². The average Bonchev–Trinajstić information content (AvgIpc) is 2.69. The van der Waals surface area contributed by atoms with Gasteiger partial charge >= 0.3 is 5.97 Å². The van der Waals surface area contributed by atoms with Crippen molar-refractivity contribution >= 4 is 11.7 Å². The molecule has 3 rings (SSSR count). The van der Waals surface area contributed by atoms with Crippen LogP contribution in [0.1, 0.15) is 51.9 Å². The normalized spacial score (nSPS) is 30.6. The van der Waals surface area contributed by atoms with Crippen molar-refractivity contribution in [3.8, 4) is 0 Å². The van der Waals surface area contributed by atoms with Crippen molar-refractivity contribution in [1.29, 1.82) is 0 Å². The van der Waals surface area contributed by atoms with Gasteiger partial charge in [-0.1, -0.05) is 13.3 Å². The summed E-state index contributed by atoms with van der Waals surface area (Å²) in [7, 11) is 1.50. The number of carbonyl (C=O) groups is 1. The lowest BCUT2D eigenvalue weighted by Gasteiger charge is -2.46. The van der Waals surface area contributed by atoms with Crippen LogP contribution in [-0.2, 0) is 9.53 Å². The Bertz CT molecular complexity index is 592. The zero-order valence-electron chi connectivity index (χ0n) is 16.4. The molecule has 2 heterocycles.